The van der Waals surface area contributed by atoms with Crippen LogP contribution in [-0.2, 0) is 4.74 Å². The number of nitrogens with one attached hydrogen (secondary N) is 2. The zero-order valence-electron chi connectivity index (χ0n) is 14.0. The minimum Gasteiger partial charge on any atom is -0.496 e. The van der Waals surface area contributed by atoms with E-state index >= 15 is 0 Å². The molecule has 0 bridgehead atoms. The van der Waals surface area contributed by atoms with E-state index in [9.17, 15) is 0 Å². The van der Waals surface area contributed by atoms with Gasteiger partial charge in [-0.2, -0.15) is 0 Å². The van der Waals surface area contributed by atoms with E-state index in [1.807, 2.05) is 12.3 Å². The highest BCUT2D eigenvalue weighted by Crippen LogP contribution is 2.32. The van der Waals surface area contributed by atoms with Crippen LogP contribution >= 0.6 is 0 Å². The van der Waals surface area contributed by atoms with Crippen molar-refractivity contribution >= 4 is 0 Å². The fourth-order valence-electron chi connectivity index (χ4n) is 3.20. The first kappa shape index (κ1) is 16.0. The van der Waals surface area contributed by atoms with E-state index in [1.54, 1.807) is 13.3 Å². The molecule has 23 heavy (non-hydrogen) atoms. The Bertz CT molecular complexity index is 627. The van der Waals surface area contributed by atoms with Crippen molar-refractivity contribution in [2.75, 3.05) is 20.3 Å². The molecule has 3 atom stereocenters. The molecule has 1 aromatic heterocycles. The topological polar surface area (TPSA) is 59.2 Å². The first-order valence-corrected chi connectivity index (χ1v) is 8.18. The van der Waals surface area contributed by atoms with Gasteiger partial charge in [0.25, 0.3) is 0 Å². The highest BCUT2D eigenvalue weighted by Gasteiger charge is 2.31. The lowest BCUT2D eigenvalue weighted by Gasteiger charge is -2.21. The quantitative estimate of drug-likeness (QED) is 0.860. The molecule has 3 rings (SSSR count). The van der Waals surface area contributed by atoms with Crippen molar-refractivity contribution in [2.24, 2.45) is 5.92 Å². The molecule has 0 radical (unpaired) electrons. The lowest BCUT2D eigenvalue weighted by atomic mass is 9.99. The minimum absolute atomic E-state index is 0.0716. The van der Waals surface area contributed by atoms with E-state index in [0.717, 1.165) is 36.7 Å². The molecular formula is C18H25N3O2. The zero-order valence-corrected chi connectivity index (χ0v) is 14.0. The Morgan fingerprint density at radius 3 is 3.04 bits per heavy atom. The van der Waals surface area contributed by atoms with Crippen LogP contribution in [0.3, 0.4) is 0 Å². The molecule has 1 aliphatic heterocycles. The molecule has 0 amide bonds. The molecule has 1 aliphatic rings. The number of aromatic nitrogens is 2. The molecule has 0 spiro atoms. The van der Waals surface area contributed by atoms with E-state index in [0.29, 0.717) is 5.92 Å². The number of benzene rings is 1. The smallest absolute Gasteiger partial charge is 0.135 e. The fraction of sp³-hybridized carbons (Fsp3) is 0.500. The Morgan fingerprint density at radius 1 is 1.48 bits per heavy atom. The number of aryl methyl sites for hydroxylation is 1. The van der Waals surface area contributed by atoms with Crippen LogP contribution in [0.4, 0.5) is 0 Å². The third-order valence-electron chi connectivity index (χ3n) is 4.61. The molecule has 2 N–H and O–H groups in total. The molecule has 2 aromatic rings. The molecule has 5 nitrogen and oxygen atoms in total. The van der Waals surface area contributed by atoms with E-state index in [1.165, 1.54) is 5.56 Å². The van der Waals surface area contributed by atoms with Gasteiger partial charge in [0.15, 0.2) is 0 Å². The van der Waals surface area contributed by atoms with Gasteiger partial charge in [-0.1, -0.05) is 12.1 Å². The summed E-state index contributed by atoms with van der Waals surface area (Å²) in [4.78, 5) is 7.51. The molecule has 1 aromatic carbocycles. The summed E-state index contributed by atoms with van der Waals surface area (Å²) in [5.74, 6) is 2.31. The van der Waals surface area contributed by atoms with Crippen LogP contribution in [0.1, 0.15) is 42.4 Å². The van der Waals surface area contributed by atoms with Crippen molar-refractivity contribution in [2.45, 2.75) is 32.4 Å². The van der Waals surface area contributed by atoms with Gasteiger partial charge in [-0.25, -0.2) is 4.98 Å². The number of hydrogen-bond donors (Lipinski definition) is 2. The third kappa shape index (κ3) is 3.57. The summed E-state index contributed by atoms with van der Waals surface area (Å²) < 4.78 is 11.2. The molecule has 1 unspecified atom stereocenters. The number of nitrogens with zero attached hydrogens (tertiary/aromatic N) is 1. The third-order valence-corrected chi connectivity index (χ3v) is 4.61. The van der Waals surface area contributed by atoms with Crippen LogP contribution in [0.25, 0.3) is 0 Å². The van der Waals surface area contributed by atoms with Gasteiger partial charge in [0, 0.05) is 37.5 Å². The molecule has 0 saturated carbocycles. The number of hydrogen-bond acceptors (Lipinski definition) is 4. The summed E-state index contributed by atoms with van der Waals surface area (Å²) >= 11 is 0. The van der Waals surface area contributed by atoms with Crippen molar-refractivity contribution in [1.29, 1.82) is 0 Å². The summed E-state index contributed by atoms with van der Waals surface area (Å²) in [7, 11) is 1.71. The summed E-state index contributed by atoms with van der Waals surface area (Å²) in [6, 6.07) is 6.63. The summed E-state index contributed by atoms with van der Waals surface area (Å²) in [5.41, 5.74) is 2.44. The van der Waals surface area contributed by atoms with Gasteiger partial charge in [-0.05, 0) is 37.5 Å². The molecule has 5 heteroatoms. The second kappa shape index (κ2) is 7.15. The van der Waals surface area contributed by atoms with Crippen LogP contribution in [0, 0.1) is 12.8 Å². The highest BCUT2D eigenvalue weighted by molar-refractivity contribution is 5.37. The summed E-state index contributed by atoms with van der Waals surface area (Å²) in [5, 5.41) is 3.63. The number of imidazole rings is 1. The monoisotopic (exact) mass is 315 g/mol. The predicted molar refractivity (Wildman–Crippen MR) is 89.5 cm³/mol. The average Bonchev–Trinajstić information content (AvgIpc) is 3.23. The van der Waals surface area contributed by atoms with Gasteiger partial charge in [0.2, 0.25) is 0 Å². The van der Waals surface area contributed by atoms with E-state index in [4.69, 9.17) is 9.47 Å². The van der Waals surface area contributed by atoms with E-state index in [2.05, 4.69) is 41.3 Å². The Labute approximate surface area is 137 Å². The van der Waals surface area contributed by atoms with Crippen molar-refractivity contribution < 1.29 is 9.47 Å². The van der Waals surface area contributed by atoms with Crippen molar-refractivity contribution in [1.82, 2.24) is 15.3 Å². The van der Waals surface area contributed by atoms with Crippen molar-refractivity contribution in [3.63, 3.8) is 0 Å². The largest absolute Gasteiger partial charge is 0.496 e. The summed E-state index contributed by atoms with van der Waals surface area (Å²) in [6.45, 7) is 5.98. The number of methoxy groups -OCH3 is 1. The number of ether oxygens (including phenoxy) is 2. The number of H-pyrrole nitrogens is 1. The Balaban J connectivity index is 1.60. The average molecular weight is 315 g/mol. The zero-order chi connectivity index (χ0) is 16.2. The van der Waals surface area contributed by atoms with Gasteiger partial charge in [0.05, 0.1) is 7.11 Å². The van der Waals surface area contributed by atoms with Crippen LogP contribution in [-0.4, -0.2) is 30.2 Å². The first-order valence-electron chi connectivity index (χ1n) is 8.18. The lowest BCUT2D eigenvalue weighted by molar-refractivity contribution is 0.0834. The molecule has 1 fully saturated rings. The normalized spacial score (nSPS) is 22.2. The second-order valence-electron chi connectivity index (χ2n) is 6.17. The van der Waals surface area contributed by atoms with Crippen molar-refractivity contribution in [3.8, 4) is 5.75 Å². The Kier molecular flexibility index (Phi) is 4.98. The standard InChI is InChI=1S/C18H25N3O2/c1-12-10-14(4-5-16(12)22-3)13(2)21-11-15-6-9-23-17(15)18-19-7-8-20-18/h4-5,7-8,10,13,15,17,21H,6,9,11H2,1-3H3,(H,19,20)/t13?,15-,17+/m0/s1. The highest BCUT2D eigenvalue weighted by atomic mass is 16.5. The summed E-state index contributed by atoms with van der Waals surface area (Å²) in [6.07, 6.45) is 4.77. The van der Waals surface area contributed by atoms with Crippen LogP contribution in [0.5, 0.6) is 5.75 Å². The van der Waals surface area contributed by atoms with Gasteiger partial charge < -0.3 is 19.8 Å². The molecule has 124 valence electrons. The van der Waals surface area contributed by atoms with Crippen LogP contribution < -0.4 is 10.1 Å². The first-order chi connectivity index (χ1) is 11.2. The van der Waals surface area contributed by atoms with Gasteiger partial charge in [-0.3, -0.25) is 0 Å². The van der Waals surface area contributed by atoms with Crippen molar-refractivity contribution in [3.05, 3.63) is 47.5 Å². The van der Waals surface area contributed by atoms with Crippen LogP contribution in [0.2, 0.25) is 0 Å². The maximum Gasteiger partial charge on any atom is 0.135 e. The predicted octanol–water partition coefficient (Wildman–Crippen LogP) is 3.16. The maximum absolute atomic E-state index is 5.85. The Morgan fingerprint density at radius 2 is 2.35 bits per heavy atom. The van der Waals surface area contributed by atoms with Gasteiger partial charge in [0.1, 0.15) is 17.7 Å². The fourth-order valence-corrected chi connectivity index (χ4v) is 3.20. The maximum atomic E-state index is 5.85. The van der Waals surface area contributed by atoms with Gasteiger partial charge >= 0.3 is 0 Å². The van der Waals surface area contributed by atoms with E-state index < -0.39 is 0 Å². The Hall–Kier alpha value is -1.85. The van der Waals surface area contributed by atoms with Crippen LogP contribution in [0.15, 0.2) is 30.6 Å². The number of rotatable bonds is 6. The minimum atomic E-state index is 0.0716. The SMILES string of the molecule is COc1ccc(C(C)NC[C@@H]2CCO[C@H]2c2ncc[nH]2)cc1C. The van der Waals surface area contributed by atoms with Gasteiger partial charge in [-0.15, -0.1) is 0 Å². The lowest BCUT2D eigenvalue weighted by Crippen LogP contribution is -2.27. The molecule has 2 heterocycles. The number of aromatic amines is 1. The molecule has 1 saturated heterocycles. The second-order valence-corrected chi connectivity index (χ2v) is 6.17. The van der Waals surface area contributed by atoms with E-state index in [-0.39, 0.29) is 12.1 Å². The molecular weight excluding hydrogens is 290 g/mol. The molecule has 0 aliphatic carbocycles.